The molecular weight excluding hydrogens is 226 g/mol. The molecule has 0 radical (unpaired) electrons. The number of hydrogen-bond donors (Lipinski definition) is 1. The van der Waals surface area contributed by atoms with Gasteiger partial charge in [-0.15, -0.1) is 0 Å². The molecule has 104 valence electrons. The van der Waals surface area contributed by atoms with Crippen molar-refractivity contribution in [3.63, 3.8) is 0 Å². The van der Waals surface area contributed by atoms with E-state index in [0.29, 0.717) is 18.6 Å². The Morgan fingerprint density at radius 2 is 1.94 bits per heavy atom. The lowest BCUT2D eigenvalue weighted by Crippen LogP contribution is -2.46. The summed E-state index contributed by atoms with van der Waals surface area (Å²) in [6.07, 6.45) is 6.21. The van der Waals surface area contributed by atoms with Gasteiger partial charge in [-0.3, -0.25) is 4.79 Å². The quantitative estimate of drug-likeness (QED) is 0.817. The Labute approximate surface area is 111 Å². The minimum absolute atomic E-state index is 0.282. The lowest BCUT2D eigenvalue weighted by molar-refractivity contribution is -0.132. The molecular formula is C14H27N3O. The minimum atomic E-state index is 0.282. The zero-order valence-corrected chi connectivity index (χ0v) is 11.8. The molecule has 2 fully saturated rings. The average Bonchev–Trinajstić information content (AvgIpc) is 2.78. The molecule has 1 unspecified atom stereocenters. The van der Waals surface area contributed by atoms with E-state index in [1.54, 1.807) is 0 Å². The van der Waals surface area contributed by atoms with E-state index in [0.717, 1.165) is 26.1 Å². The van der Waals surface area contributed by atoms with Gasteiger partial charge in [0.05, 0.1) is 6.54 Å². The van der Waals surface area contributed by atoms with Crippen LogP contribution < -0.4 is 5.32 Å². The van der Waals surface area contributed by atoms with E-state index in [9.17, 15) is 4.79 Å². The zero-order chi connectivity index (χ0) is 13.0. The van der Waals surface area contributed by atoms with E-state index in [1.807, 2.05) is 0 Å². The Bertz CT molecular complexity index is 276. The topological polar surface area (TPSA) is 35.6 Å². The first-order valence-corrected chi connectivity index (χ1v) is 7.38. The number of rotatable bonds is 3. The van der Waals surface area contributed by atoms with Crippen LogP contribution in [0.1, 0.15) is 39.0 Å². The van der Waals surface area contributed by atoms with E-state index < -0.39 is 0 Å². The Kier molecular flexibility index (Phi) is 5.01. The molecule has 0 aromatic carbocycles. The number of hydrogen-bond acceptors (Lipinski definition) is 3. The Morgan fingerprint density at radius 3 is 2.67 bits per heavy atom. The van der Waals surface area contributed by atoms with Crippen LogP contribution in [0.2, 0.25) is 0 Å². The molecule has 4 nitrogen and oxygen atoms in total. The van der Waals surface area contributed by atoms with Crippen molar-refractivity contribution in [1.29, 1.82) is 0 Å². The molecule has 0 aromatic rings. The largest absolute Gasteiger partial charge is 0.338 e. The summed E-state index contributed by atoms with van der Waals surface area (Å²) in [7, 11) is 2.14. The third-order valence-corrected chi connectivity index (χ3v) is 4.26. The molecule has 18 heavy (non-hydrogen) atoms. The van der Waals surface area contributed by atoms with Gasteiger partial charge in [0.15, 0.2) is 0 Å². The summed E-state index contributed by atoms with van der Waals surface area (Å²) in [5.74, 6) is 0.282. The van der Waals surface area contributed by atoms with Gasteiger partial charge < -0.3 is 15.1 Å². The third kappa shape index (κ3) is 3.69. The third-order valence-electron chi connectivity index (χ3n) is 4.26. The zero-order valence-electron chi connectivity index (χ0n) is 11.8. The molecule has 0 aromatic heterocycles. The van der Waals surface area contributed by atoms with Gasteiger partial charge in [-0.05, 0) is 39.8 Å². The highest BCUT2D eigenvalue weighted by atomic mass is 16.2. The van der Waals surface area contributed by atoms with Gasteiger partial charge in [-0.25, -0.2) is 0 Å². The van der Waals surface area contributed by atoms with Crippen molar-refractivity contribution in [3.8, 4) is 0 Å². The molecule has 0 spiro atoms. The molecule has 1 heterocycles. The van der Waals surface area contributed by atoms with Crippen molar-refractivity contribution >= 4 is 5.91 Å². The predicted molar refractivity (Wildman–Crippen MR) is 73.5 cm³/mol. The second-order valence-corrected chi connectivity index (χ2v) is 5.91. The van der Waals surface area contributed by atoms with Crippen LogP contribution in [0.4, 0.5) is 0 Å². The van der Waals surface area contributed by atoms with Crippen LogP contribution in [0.15, 0.2) is 0 Å². The maximum Gasteiger partial charge on any atom is 0.236 e. The van der Waals surface area contributed by atoms with Crippen molar-refractivity contribution in [1.82, 2.24) is 15.1 Å². The van der Waals surface area contributed by atoms with Gasteiger partial charge in [0.2, 0.25) is 5.91 Å². The van der Waals surface area contributed by atoms with Crippen LogP contribution in [0.25, 0.3) is 0 Å². The first kappa shape index (κ1) is 13.8. The van der Waals surface area contributed by atoms with Crippen LogP contribution in [0, 0.1) is 0 Å². The predicted octanol–water partition coefficient (Wildman–Crippen LogP) is 1.07. The van der Waals surface area contributed by atoms with Gasteiger partial charge in [0.1, 0.15) is 0 Å². The second-order valence-electron chi connectivity index (χ2n) is 5.91. The number of carbonyl (C=O) groups is 1. The van der Waals surface area contributed by atoms with E-state index >= 15 is 0 Å². The first-order valence-electron chi connectivity index (χ1n) is 7.38. The molecule has 2 aliphatic rings. The van der Waals surface area contributed by atoms with Crippen molar-refractivity contribution in [3.05, 3.63) is 0 Å². The number of likely N-dealkylation sites (N-methyl/N-ethyl adjacent to an activating group) is 1. The van der Waals surface area contributed by atoms with Crippen molar-refractivity contribution < 1.29 is 4.79 Å². The smallest absolute Gasteiger partial charge is 0.236 e. The van der Waals surface area contributed by atoms with Gasteiger partial charge in [0.25, 0.3) is 0 Å². The fourth-order valence-corrected chi connectivity index (χ4v) is 3.21. The van der Waals surface area contributed by atoms with E-state index in [1.165, 1.54) is 25.7 Å². The lowest BCUT2D eigenvalue weighted by atomic mass is 10.2. The Hall–Kier alpha value is -0.610. The maximum absolute atomic E-state index is 12.3. The van der Waals surface area contributed by atoms with Crippen molar-refractivity contribution in [2.24, 2.45) is 0 Å². The summed E-state index contributed by atoms with van der Waals surface area (Å²) in [5, 5.41) is 3.43. The number of nitrogens with one attached hydrogen (secondary N) is 1. The SMILES string of the molecule is CC1CN(C)CCCN1C(=O)CNC1CCCC1. The molecule has 1 aliphatic carbocycles. The number of amides is 1. The summed E-state index contributed by atoms with van der Waals surface area (Å²) in [6.45, 7) is 5.70. The fourth-order valence-electron chi connectivity index (χ4n) is 3.21. The summed E-state index contributed by atoms with van der Waals surface area (Å²) < 4.78 is 0. The van der Waals surface area contributed by atoms with Gasteiger partial charge >= 0.3 is 0 Å². The minimum Gasteiger partial charge on any atom is -0.338 e. The first-order chi connectivity index (χ1) is 8.66. The van der Waals surface area contributed by atoms with Gasteiger partial charge in [-0.1, -0.05) is 12.8 Å². The molecule has 1 N–H and O–H groups in total. The van der Waals surface area contributed by atoms with Crippen molar-refractivity contribution in [2.75, 3.05) is 33.2 Å². The standard InChI is InChI=1S/C14H27N3O/c1-12-11-16(2)8-5-9-17(12)14(18)10-15-13-6-3-4-7-13/h12-13,15H,3-11H2,1-2H3. The summed E-state index contributed by atoms with van der Waals surface area (Å²) in [5.41, 5.74) is 0. The molecule has 1 atom stereocenters. The highest BCUT2D eigenvalue weighted by Crippen LogP contribution is 2.17. The highest BCUT2D eigenvalue weighted by Gasteiger charge is 2.24. The van der Waals surface area contributed by atoms with Crippen LogP contribution in [0.5, 0.6) is 0 Å². The normalized spacial score (nSPS) is 27.4. The molecule has 1 amide bonds. The van der Waals surface area contributed by atoms with Crippen LogP contribution >= 0.6 is 0 Å². The van der Waals surface area contributed by atoms with Crippen LogP contribution in [-0.4, -0.2) is 61.0 Å². The van der Waals surface area contributed by atoms with Gasteiger partial charge in [-0.2, -0.15) is 0 Å². The molecule has 2 rings (SSSR count). The van der Waals surface area contributed by atoms with Gasteiger partial charge in [0, 0.05) is 25.2 Å². The van der Waals surface area contributed by atoms with Crippen LogP contribution in [-0.2, 0) is 4.79 Å². The fraction of sp³-hybridized carbons (Fsp3) is 0.929. The van der Waals surface area contributed by atoms with Crippen LogP contribution in [0.3, 0.4) is 0 Å². The molecule has 1 saturated heterocycles. The van der Waals surface area contributed by atoms with E-state index in [-0.39, 0.29) is 5.91 Å². The summed E-state index contributed by atoms with van der Waals surface area (Å²) in [6, 6.07) is 0.925. The average molecular weight is 253 g/mol. The Balaban J connectivity index is 1.79. The summed E-state index contributed by atoms with van der Waals surface area (Å²) >= 11 is 0. The molecule has 4 heteroatoms. The molecule has 1 saturated carbocycles. The second kappa shape index (κ2) is 6.53. The number of nitrogens with zero attached hydrogens (tertiary/aromatic N) is 2. The number of carbonyl (C=O) groups excluding carboxylic acids is 1. The summed E-state index contributed by atoms with van der Waals surface area (Å²) in [4.78, 5) is 16.7. The van der Waals surface area contributed by atoms with Crippen molar-refractivity contribution in [2.45, 2.75) is 51.1 Å². The van der Waals surface area contributed by atoms with E-state index in [2.05, 4.69) is 29.1 Å². The molecule has 0 bridgehead atoms. The monoisotopic (exact) mass is 253 g/mol. The lowest BCUT2D eigenvalue weighted by Gasteiger charge is -2.28. The highest BCUT2D eigenvalue weighted by molar-refractivity contribution is 5.78. The Morgan fingerprint density at radius 1 is 1.22 bits per heavy atom. The molecule has 1 aliphatic heterocycles. The maximum atomic E-state index is 12.3. The van der Waals surface area contributed by atoms with E-state index in [4.69, 9.17) is 0 Å².